The summed E-state index contributed by atoms with van der Waals surface area (Å²) >= 11 is 0. The van der Waals surface area contributed by atoms with E-state index in [2.05, 4.69) is 0 Å². The molecule has 1 aliphatic heterocycles. The minimum absolute atomic E-state index is 0.0256. The summed E-state index contributed by atoms with van der Waals surface area (Å²) < 4.78 is 12.1. The Morgan fingerprint density at radius 1 is 0.950 bits per heavy atom. The van der Waals surface area contributed by atoms with E-state index in [1.807, 2.05) is 0 Å². The number of hydrogen-bond donors (Lipinski definition) is 7. The fourth-order valence-corrected chi connectivity index (χ4v) is 6.21. The zero-order chi connectivity index (χ0) is 29.4. The summed E-state index contributed by atoms with van der Waals surface area (Å²) in [5.74, 6) is -4.96. The molecule has 0 radical (unpaired) electrons. The molecule has 2 aromatic carbocycles. The predicted molar refractivity (Wildman–Crippen MR) is 137 cm³/mol. The number of benzene rings is 2. The molecule has 1 unspecified atom stereocenters. The van der Waals surface area contributed by atoms with Crippen molar-refractivity contribution < 1.29 is 54.8 Å². The topological polar surface area (TPSA) is 197 Å². The highest BCUT2D eigenvalue weighted by Gasteiger charge is 2.52. The Kier molecular flexibility index (Phi) is 6.85. The van der Waals surface area contributed by atoms with Crippen molar-refractivity contribution in [3.8, 4) is 23.0 Å². The van der Waals surface area contributed by atoms with Gasteiger partial charge in [-0.05, 0) is 39.6 Å². The van der Waals surface area contributed by atoms with Gasteiger partial charge in [-0.2, -0.15) is 0 Å². The van der Waals surface area contributed by atoms with Gasteiger partial charge in [0.05, 0.1) is 46.2 Å². The highest BCUT2D eigenvalue weighted by atomic mass is 16.7. The van der Waals surface area contributed by atoms with E-state index < -0.39 is 93.1 Å². The number of likely N-dealkylation sites (N-methyl/N-ethyl adjacent to an activating group) is 1. The Morgan fingerprint density at radius 3 is 1.98 bits per heavy atom. The van der Waals surface area contributed by atoms with Gasteiger partial charge in [-0.1, -0.05) is 6.92 Å². The van der Waals surface area contributed by atoms with Crippen LogP contribution in [0, 0.1) is 0 Å². The molecule has 1 saturated heterocycles. The second-order valence-electron chi connectivity index (χ2n) is 11.0. The number of aliphatic hydroxyl groups excluding tert-OH is 2. The van der Waals surface area contributed by atoms with E-state index in [0.717, 1.165) is 12.1 Å². The highest BCUT2D eigenvalue weighted by molar-refractivity contribution is 6.32. The molecule has 7 atom stereocenters. The van der Waals surface area contributed by atoms with Gasteiger partial charge in [-0.25, -0.2) is 0 Å². The Bertz CT molecular complexity index is 1410. The van der Waals surface area contributed by atoms with E-state index in [1.54, 1.807) is 32.8 Å². The second kappa shape index (κ2) is 9.68. The summed E-state index contributed by atoms with van der Waals surface area (Å²) in [4.78, 5) is 28.8. The maximum Gasteiger partial charge on any atom is 0.202 e. The Morgan fingerprint density at radius 2 is 1.48 bits per heavy atom. The average molecular weight is 560 g/mol. The number of ketones is 2. The molecule has 0 aromatic heterocycles. The molecule has 5 rings (SSSR count). The van der Waals surface area contributed by atoms with Crippen molar-refractivity contribution in [1.82, 2.24) is 4.90 Å². The number of nitrogens with zero attached hydrogens (tertiary/aromatic N) is 1. The molecule has 7 N–H and O–H groups in total. The van der Waals surface area contributed by atoms with E-state index in [4.69, 9.17) is 9.47 Å². The quantitative estimate of drug-likeness (QED) is 0.227. The van der Waals surface area contributed by atoms with Crippen molar-refractivity contribution in [2.75, 3.05) is 14.1 Å². The first kappa shape index (κ1) is 28.3. The Hall–Kier alpha value is -3.26. The first-order valence-corrected chi connectivity index (χ1v) is 13.0. The smallest absolute Gasteiger partial charge is 0.202 e. The van der Waals surface area contributed by atoms with Crippen LogP contribution in [-0.4, -0.2) is 96.4 Å². The number of carbonyl (C=O) groups is 2. The van der Waals surface area contributed by atoms with Crippen molar-refractivity contribution >= 4 is 11.6 Å². The van der Waals surface area contributed by atoms with Crippen LogP contribution in [0.4, 0.5) is 0 Å². The molecule has 1 fully saturated rings. The summed E-state index contributed by atoms with van der Waals surface area (Å²) in [6, 6.07) is 1.65. The molecule has 0 amide bonds. The molecule has 0 saturated carbocycles. The molecule has 12 heteroatoms. The first-order valence-electron chi connectivity index (χ1n) is 13.0. The minimum atomic E-state index is -1.80. The average Bonchev–Trinajstić information content (AvgIpc) is 2.89. The zero-order valence-electron chi connectivity index (χ0n) is 22.5. The van der Waals surface area contributed by atoms with Crippen LogP contribution in [0.2, 0.25) is 0 Å². The summed E-state index contributed by atoms with van der Waals surface area (Å²) in [7, 11) is 3.56. The van der Waals surface area contributed by atoms with Gasteiger partial charge < -0.3 is 50.1 Å². The third kappa shape index (κ3) is 3.98. The molecule has 2 aromatic rings. The zero-order valence-corrected chi connectivity index (χ0v) is 22.5. The van der Waals surface area contributed by atoms with Crippen molar-refractivity contribution in [3.05, 3.63) is 45.5 Å². The first-order chi connectivity index (χ1) is 18.7. The maximum atomic E-state index is 13.6. The minimum Gasteiger partial charge on any atom is -0.507 e. The normalized spacial score (nSPS) is 31.6. The number of aliphatic hydroxyl groups is 3. The molecule has 3 aliphatic rings. The number of phenols is 4. The fourth-order valence-electron chi connectivity index (χ4n) is 6.21. The highest BCUT2D eigenvalue weighted by Crippen LogP contribution is 2.57. The number of phenolic OH excluding ortho intramolecular Hbond substituents is 4. The lowest BCUT2D eigenvalue weighted by atomic mass is 9.70. The lowest BCUT2D eigenvalue weighted by Gasteiger charge is -2.47. The summed E-state index contributed by atoms with van der Waals surface area (Å²) in [5, 5.41) is 76.8. The van der Waals surface area contributed by atoms with Crippen molar-refractivity contribution in [3.63, 3.8) is 0 Å². The van der Waals surface area contributed by atoms with Crippen LogP contribution in [0.5, 0.6) is 23.0 Å². The summed E-state index contributed by atoms with van der Waals surface area (Å²) in [5.41, 5.74) is -4.82. The van der Waals surface area contributed by atoms with Crippen LogP contribution in [0.3, 0.4) is 0 Å². The number of ether oxygens (including phenoxy) is 2. The van der Waals surface area contributed by atoms with Gasteiger partial charge in [0.15, 0.2) is 6.29 Å². The third-order valence-corrected chi connectivity index (χ3v) is 8.46. The van der Waals surface area contributed by atoms with Crippen LogP contribution in [0.1, 0.15) is 88.3 Å². The fraction of sp³-hybridized carbons (Fsp3) is 0.500. The second-order valence-corrected chi connectivity index (χ2v) is 11.0. The molecule has 0 spiro atoms. The monoisotopic (exact) mass is 559 g/mol. The maximum absolute atomic E-state index is 13.6. The van der Waals surface area contributed by atoms with E-state index >= 15 is 0 Å². The number of fused-ring (bicyclic) bond motifs is 3. The molecule has 2 aliphatic carbocycles. The van der Waals surface area contributed by atoms with Gasteiger partial charge in [0.25, 0.3) is 0 Å². The van der Waals surface area contributed by atoms with Crippen LogP contribution in [0.25, 0.3) is 0 Å². The predicted octanol–water partition coefficient (Wildman–Crippen LogP) is 1.35. The van der Waals surface area contributed by atoms with E-state index in [-0.39, 0.29) is 36.4 Å². The van der Waals surface area contributed by atoms with Crippen molar-refractivity contribution in [1.29, 1.82) is 0 Å². The molecule has 40 heavy (non-hydrogen) atoms. The molecule has 216 valence electrons. The summed E-state index contributed by atoms with van der Waals surface area (Å²) in [6.45, 7) is 3.29. The number of carbonyl (C=O) groups excluding carboxylic acids is 2. The molecule has 0 bridgehead atoms. The van der Waals surface area contributed by atoms with Crippen LogP contribution < -0.4 is 0 Å². The lowest BCUT2D eigenvalue weighted by molar-refractivity contribution is -0.279. The van der Waals surface area contributed by atoms with Crippen molar-refractivity contribution in [2.45, 2.75) is 75.5 Å². The van der Waals surface area contributed by atoms with E-state index in [1.165, 1.54) is 0 Å². The Balaban J connectivity index is 1.70. The van der Waals surface area contributed by atoms with Gasteiger partial charge in [-0.15, -0.1) is 0 Å². The van der Waals surface area contributed by atoms with Gasteiger partial charge in [0.1, 0.15) is 29.1 Å². The molecule has 12 nitrogen and oxygen atoms in total. The van der Waals surface area contributed by atoms with Gasteiger partial charge in [-0.3, -0.25) is 9.59 Å². The summed E-state index contributed by atoms with van der Waals surface area (Å²) in [6.07, 6.45) is -5.66. The van der Waals surface area contributed by atoms with Crippen molar-refractivity contribution in [2.24, 2.45) is 0 Å². The largest absolute Gasteiger partial charge is 0.507 e. The van der Waals surface area contributed by atoms with E-state index in [0.29, 0.717) is 0 Å². The number of aromatic hydroxyl groups is 4. The molecular weight excluding hydrogens is 526 g/mol. The molecular formula is C28H33NO11. The van der Waals surface area contributed by atoms with Crippen LogP contribution in [0.15, 0.2) is 12.1 Å². The Labute approximate surface area is 229 Å². The van der Waals surface area contributed by atoms with Crippen LogP contribution >= 0.6 is 0 Å². The van der Waals surface area contributed by atoms with Gasteiger partial charge in [0, 0.05) is 30.0 Å². The van der Waals surface area contributed by atoms with Crippen LogP contribution in [-0.2, 0) is 9.47 Å². The molecule has 1 heterocycles. The van der Waals surface area contributed by atoms with E-state index in [9.17, 15) is 45.3 Å². The third-order valence-electron chi connectivity index (χ3n) is 8.46. The SMILES string of the molecule is CC[C@@]1(O)C[C@H](O)c2c(O)c3c(c(O)c2[C@H]1OC1C[C@@H](N(C)C)[C@@H](O)[C@@H](C)O1)C(=O)c1c(O)ccc(O)c1C3=O. The van der Waals surface area contributed by atoms with Gasteiger partial charge in [0.2, 0.25) is 11.6 Å². The number of hydrogen-bond acceptors (Lipinski definition) is 12. The standard InChI is InChI=1S/C28H33NO11/c1-5-28(38)9-14(32)18-21(27(28)40-15-8-11(29(3)4)22(33)10(2)39-15)26(37)20-19(25(18)36)23(34)16-12(30)6-7-13(31)17(16)24(20)35/h6-7,10-11,14-15,22,27,30-33,36-38H,5,8-9H2,1-4H3/t10-,11-,14+,15?,22+,27-,28-/m1/s1. The van der Waals surface area contributed by atoms with Gasteiger partial charge >= 0.3 is 0 Å². The lowest BCUT2D eigenvalue weighted by Crippen LogP contribution is -2.54. The number of rotatable bonds is 4.